The number of primary amides is 1. The van der Waals surface area contributed by atoms with E-state index in [9.17, 15) is 9.59 Å². The van der Waals surface area contributed by atoms with Gasteiger partial charge in [0.2, 0.25) is 0 Å². The van der Waals surface area contributed by atoms with Gasteiger partial charge in [-0.1, -0.05) is 6.58 Å². The molecule has 5 nitrogen and oxygen atoms in total. The lowest BCUT2D eigenvalue weighted by Gasteiger charge is -2.12. The molecule has 3 N–H and O–H groups in total. The molecule has 5 heteroatoms. The lowest BCUT2D eigenvalue weighted by Crippen LogP contribution is -2.39. The number of ether oxygens (including phenoxy) is 1. The third kappa shape index (κ3) is 4.32. The average Bonchev–Trinajstić information content (AvgIpc) is 1.84. The smallest absolute Gasteiger partial charge is 0.335 e. The predicted molar refractivity (Wildman–Crippen MR) is 42.8 cm³/mol. The normalized spacial score (nSPS) is 11.5. The molecule has 0 aromatic carbocycles. The molecule has 0 saturated carbocycles. The van der Waals surface area contributed by atoms with E-state index in [1.807, 2.05) is 0 Å². The Morgan fingerprint density at radius 3 is 2.42 bits per heavy atom. The summed E-state index contributed by atoms with van der Waals surface area (Å²) in [6.07, 6.45) is -0.980. The summed E-state index contributed by atoms with van der Waals surface area (Å²) in [6, 6.07) is -0.801. The van der Waals surface area contributed by atoms with E-state index in [2.05, 4.69) is 23.6 Å². The molecule has 0 fully saturated rings. The molecule has 0 aliphatic rings. The summed E-state index contributed by atoms with van der Waals surface area (Å²) in [5.41, 5.74) is 4.97. The highest BCUT2D eigenvalue weighted by atomic mass is 16.6. The number of amides is 2. The van der Waals surface area contributed by atoms with Crippen molar-refractivity contribution >= 4 is 12.0 Å². The van der Waals surface area contributed by atoms with Crippen LogP contribution in [0.1, 0.15) is 6.92 Å². The van der Waals surface area contributed by atoms with E-state index in [1.54, 1.807) is 0 Å². The zero-order valence-electron chi connectivity index (χ0n) is 6.79. The minimum atomic E-state index is -0.980. The Labute approximate surface area is 70.6 Å². The zero-order valence-corrected chi connectivity index (χ0v) is 6.79. The molecule has 0 aromatic rings. The summed E-state index contributed by atoms with van der Waals surface area (Å²) in [7, 11) is 0. The number of nitrogens with two attached hydrogens (primary N) is 1. The molecule has 0 aromatic heterocycles. The van der Waals surface area contributed by atoms with Crippen molar-refractivity contribution in [3.05, 3.63) is 19.1 Å². The fourth-order valence-electron chi connectivity index (χ4n) is 0.418. The molecule has 67 valence electrons. The van der Waals surface area contributed by atoms with Gasteiger partial charge in [-0.2, -0.15) is 0 Å². The Morgan fingerprint density at radius 2 is 2.08 bits per heavy atom. The molecule has 0 rings (SSSR count). The van der Waals surface area contributed by atoms with Gasteiger partial charge in [-0.3, -0.25) is 0 Å². The van der Waals surface area contributed by atoms with Gasteiger partial charge in [-0.05, 0) is 6.92 Å². The molecule has 0 saturated heterocycles. The van der Waals surface area contributed by atoms with Crippen LogP contribution in [0.15, 0.2) is 12.2 Å². The van der Waals surface area contributed by atoms with Gasteiger partial charge in [0, 0.05) is 12.5 Å². The standard InChI is InChI=1S/C7H11N2O3/c1-4(2)6(10)12-5(3)9-7(8)11/h5H,1,3H2,2H3,(H3,8,9,11). The third-order valence-corrected chi connectivity index (χ3v) is 0.901. The van der Waals surface area contributed by atoms with E-state index in [4.69, 9.17) is 5.73 Å². The van der Waals surface area contributed by atoms with Crippen LogP contribution in [-0.4, -0.2) is 18.2 Å². The maximum absolute atomic E-state index is 10.8. The van der Waals surface area contributed by atoms with Crippen LogP contribution in [0.4, 0.5) is 4.79 Å². The molecule has 1 atom stereocenters. The van der Waals surface area contributed by atoms with Crippen molar-refractivity contribution in [3.63, 3.8) is 0 Å². The molecule has 1 unspecified atom stereocenters. The van der Waals surface area contributed by atoms with Gasteiger partial charge in [0.05, 0.1) is 0 Å². The van der Waals surface area contributed by atoms with Crippen LogP contribution in [-0.2, 0) is 9.53 Å². The first kappa shape index (κ1) is 10.5. The van der Waals surface area contributed by atoms with Crippen LogP contribution in [0.3, 0.4) is 0 Å². The maximum atomic E-state index is 10.8. The van der Waals surface area contributed by atoms with Gasteiger partial charge in [-0.25, -0.2) is 9.59 Å². The van der Waals surface area contributed by atoms with Gasteiger partial charge < -0.3 is 15.8 Å². The van der Waals surface area contributed by atoms with Crippen molar-refractivity contribution in [2.75, 3.05) is 0 Å². The van der Waals surface area contributed by atoms with Crippen molar-refractivity contribution in [1.82, 2.24) is 5.32 Å². The van der Waals surface area contributed by atoms with Crippen LogP contribution in [0, 0.1) is 6.92 Å². The minimum Gasteiger partial charge on any atom is -0.438 e. The van der Waals surface area contributed by atoms with Gasteiger partial charge >= 0.3 is 12.0 Å². The Balaban J connectivity index is 3.84. The first-order valence-electron chi connectivity index (χ1n) is 3.19. The molecular weight excluding hydrogens is 160 g/mol. The summed E-state index contributed by atoms with van der Waals surface area (Å²) in [5.74, 6) is -0.622. The average molecular weight is 171 g/mol. The van der Waals surface area contributed by atoms with E-state index < -0.39 is 18.2 Å². The molecule has 2 amide bonds. The lowest BCUT2D eigenvalue weighted by atomic mass is 10.4. The summed E-state index contributed by atoms with van der Waals surface area (Å²) >= 11 is 0. The SMILES string of the molecule is [CH2]C(NC(N)=O)OC(=O)C(=C)C. The largest absolute Gasteiger partial charge is 0.438 e. The highest BCUT2D eigenvalue weighted by Crippen LogP contribution is 1.94. The van der Waals surface area contributed by atoms with Gasteiger partial charge in [0.25, 0.3) is 0 Å². The Bertz CT molecular complexity index is 213. The van der Waals surface area contributed by atoms with E-state index in [0.29, 0.717) is 0 Å². The number of rotatable bonds is 3. The van der Waals surface area contributed by atoms with Crippen molar-refractivity contribution in [2.45, 2.75) is 13.2 Å². The van der Waals surface area contributed by atoms with E-state index >= 15 is 0 Å². The Kier molecular flexibility index (Phi) is 3.82. The molecular formula is C7H11N2O3. The van der Waals surface area contributed by atoms with Crippen molar-refractivity contribution in [2.24, 2.45) is 5.73 Å². The quantitative estimate of drug-likeness (QED) is 0.354. The third-order valence-electron chi connectivity index (χ3n) is 0.901. The van der Waals surface area contributed by atoms with Gasteiger partial charge in [-0.15, -0.1) is 0 Å². The van der Waals surface area contributed by atoms with Crippen LogP contribution in [0.2, 0.25) is 0 Å². The number of carbonyl (C=O) groups excluding carboxylic acids is 2. The second kappa shape index (κ2) is 4.38. The van der Waals surface area contributed by atoms with Crippen LogP contribution >= 0.6 is 0 Å². The Morgan fingerprint density at radius 1 is 1.58 bits per heavy atom. The second-order valence-electron chi connectivity index (χ2n) is 2.18. The molecule has 0 heterocycles. The first-order chi connectivity index (χ1) is 5.43. The molecule has 0 aliphatic heterocycles. The van der Waals surface area contributed by atoms with Crippen molar-refractivity contribution in [3.8, 4) is 0 Å². The monoisotopic (exact) mass is 171 g/mol. The number of hydrogen-bond acceptors (Lipinski definition) is 3. The van der Waals surface area contributed by atoms with Gasteiger partial charge in [0.1, 0.15) is 0 Å². The van der Waals surface area contributed by atoms with Crippen LogP contribution in [0.5, 0.6) is 0 Å². The summed E-state index contributed by atoms with van der Waals surface area (Å²) in [4.78, 5) is 21.0. The molecule has 0 spiro atoms. The first-order valence-corrected chi connectivity index (χ1v) is 3.19. The zero-order chi connectivity index (χ0) is 9.72. The van der Waals surface area contributed by atoms with E-state index in [0.717, 1.165) is 0 Å². The second-order valence-corrected chi connectivity index (χ2v) is 2.18. The van der Waals surface area contributed by atoms with E-state index in [-0.39, 0.29) is 5.57 Å². The van der Waals surface area contributed by atoms with Crippen LogP contribution in [0.25, 0.3) is 0 Å². The van der Waals surface area contributed by atoms with Gasteiger partial charge in [0.15, 0.2) is 6.23 Å². The lowest BCUT2D eigenvalue weighted by molar-refractivity contribution is -0.142. The molecule has 0 aliphatic carbocycles. The molecule has 1 radical (unpaired) electrons. The van der Waals surface area contributed by atoms with Crippen molar-refractivity contribution in [1.29, 1.82) is 0 Å². The Hall–Kier alpha value is -1.52. The number of carbonyl (C=O) groups is 2. The van der Waals surface area contributed by atoms with E-state index in [1.165, 1.54) is 6.92 Å². The fourth-order valence-corrected chi connectivity index (χ4v) is 0.418. The molecule has 0 bridgehead atoms. The number of nitrogens with one attached hydrogen (secondary N) is 1. The summed E-state index contributed by atoms with van der Waals surface area (Å²) < 4.78 is 4.56. The topological polar surface area (TPSA) is 81.4 Å². The number of urea groups is 1. The number of esters is 1. The minimum absolute atomic E-state index is 0.231. The maximum Gasteiger partial charge on any atom is 0.335 e. The highest BCUT2D eigenvalue weighted by molar-refractivity contribution is 5.87. The van der Waals surface area contributed by atoms with Crippen LogP contribution < -0.4 is 11.1 Å². The summed E-state index contributed by atoms with van der Waals surface area (Å²) in [5, 5.41) is 2.07. The summed E-state index contributed by atoms with van der Waals surface area (Å²) in [6.45, 7) is 8.13. The highest BCUT2D eigenvalue weighted by Gasteiger charge is 2.10. The fraction of sp³-hybridized carbons (Fsp3) is 0.286. The number of hydrogen-bond donors (Lipinski definition) is 2. The van der Waals surface area contributed by atoms with Crippen molar-refractivity contribution < 1.29 is 14.3 Å². The predicted octanol–water partition coefficient (Wildman–Crippen LogP) is -0.0658. The molecule has 12 heavy (non-hydrogen) atoms.